The minimum absolute atomic E-state index is 0.670. The van der Waals surface area contributed by atoms with Crippen molar-refractivity contribution in [2.45, 2.75) is 6.92 Å². The van der Waals surface area contributed by atoms with Crippen LogP contribution in [0.25, 0.3) is 0 Å². The third kappa shape index (κ3) is 3.11. The molecule has 0 radical (unpaired) electrons. The molecule has 0 amide bonds. The average molecular weight is 229 g/mol. The molecule has 0 bridgehead atoms. The van der Waals surface area contributed by atoms with Crippen molar-refractivity contribution in [2.75, 3.05) is 17.7 Å². The molecule has 17 heavy (non-hydrogen) atoms. The summed E-state index contributed by atoms with van der Waals surface area (Å²) in [7, 11) is 0. The molecule has 0 spiro atoms. The highest BCUT2D eigenvalue weighted by Crippen LogP contribution is 2.19. The largest absolute Gasteiger partial charge is 0.494 e. The van der Waals surface area contributed by atoms with Gasteiger partial charge in [0.25, 0.3) is 0 Å². The first-order valence-corrected chi connectivity index (χ1v) is 5.49. The molecule has 88 valence electrons. The smallest absolute Gasteiger partial charge is 0.132 e. The molecular formula is C13H15N3O. The van der Waals surface area contributed by atoms with Crippen LogP contribution < -0.4 is 15.8 Å². The molecule has 0 aliphatic rings. The second-order valence-electron chi connectivity index (χ2n) is 3.56. The van der Waals surface area contributed by atoms with E-state index in [0.29, 0.717) is 12.3 Å². The summed E-state index contributed by atoms with van der Waals surface area (Å²) in [6, 6.07) is 11.3. The van der Waals surface area contributed by atoms with E-state index in [-0.39, 0.29) is 0 Å². The number of nitrogens with two attached hydrogens (primary N) is 1. The fourth-order valence-electron chi connectivity index (χ4n) is 1.46. The number of ether oxygens (including phenoxy) is 1. The van der Waals surface area contributed by atoms with Gasteiger partial charge in [-0.25, -0.2) is 4.98 Å². The molecule has 0 saturated carbocycles. The van der Waals surface area contributed by atoms with Gasteiger partial charge in [-0.3, -0.25) is 0 Å². The van der Waals surface area contributed by atoms with Crippen LogP contribution in [0.15, 0.2) is 42.6 Å². The maximum Gasteiger partial charge on any atom is 0.132 e. The number of pyridine rings is 1. The van der Waals surface area contributed by atoms with Crippen LogP contribution in [-0.2, 0) is 0 Å². The summed E-state index contributed by atoms with van der Waals surface area (Å²) in [5.41, 5.74) is 7.31. The summed E-state index contributed by atoms with van der Waals surface area (Å²) < 4.78 is 5.37. The standard InChI is InChI=1S/C13H15N3O/c1-2-17-12-5-3-11(4-6-12)16-13-9-10(14)7-8-15-13/h3-9H,2H2,1H3,(H3,14,15,16). The second-order valence-corrected chi connectivity index (χ2v) is 3.56. The number of benzene rings is 1. The molecule has 1 aromatic heterocycles. The van der Waals surface area contributed by atoms with Gasteiger partial charge in [0, 0.05) is 23.6 Å². The fraction of sp³-hybridized carbons (Fsp3) is 0.154. The fourth-order valence-corrected chi connectivity index (χ4v) is 1.46. The van der Waals surface area contributed by atoms with E-state index in [4.69, 9.17) is 10.5 Å². The normalized spacial score (nSPS) is 9.94. The van der Waals surface area contributed by atoms with Gasteiger partial charge in [-0.2, -0.15) is 0 Å². The van der Waals surface area contributed by atoms with E-state index in [1.54, 1.807) is 18.3 Å². The zero-order chi connectivity index (χ0) is 12.1. The monoisotopic (exact) mass is 229 g/mol. The molecule has 0 aliphatic heterocycles. The minimum atomic E-state index is 0.670. The van der Waals surface area contributed by atoms with Crippen LogP contribution in [0.3, 0.4) is 0 Å². The van der Waals surface area contributed by atoms with Crippen LogP contribution in [0, 0.1) is 0 Å². The van der Waals surface area contributed by atoms with Crippen LogP contribution in [0.2, 0.25) is 0 Å². The third-order valence-electron chi connectivity index (χ3n) is 2.22. The molecule has 4 nitrogen and oxygen atoms in total. The van der Waals surface area contributed by atoms with Gasteiger partial charge in [0.1, 0.15) is 11.6 Å². The SMILES string of the molecule is CCOc1ccc(Nc2cc(N)ccn2)cc1. The van der Waals surface area contributed by atoms with Crippen LogP contribution in [0.5, 0.6) is 5.75 Å². The number of nitrogen functional groups attached to an aromatic ring is 1. The Morgan fingerprint density at radius 1 is 1.24 bits per heavy atom. The van der Waals surface area contributed by atoms with Gasteiger partial charge < -0.3 is 15.8 Å². The molecule has 1 aromatic carbocycles. The summed E-state index contributed by atoms with van der Waals surface area (Å²) in [5, 5.41) is 3.17. The number of hydrogen-bond donors (Lipinski definition) is 2. The lowest BCUT2D eigenvalue weighted by atomic mass is 10.3. The van der Waals surface area contributed by atoms with Gasteiger partial charge in [0.2, 0.25) is 0 Å². The maximum absolute atomic E-state index is 5.68. The van der Waals surface area contributed by atoms with E-state index in [2.05, 4.69) is 10.3 Å². The molecule has 2 aromatic rings. The predicted molar refractivity (Wildman–Crippen MR) is 69.5 cm³/mol. The van der Waals surface area contributed by atoms with Crippen LogP contribution in [0.4, 0.5) is 17.2 Å². The van der Waals surface area contributed by atoms with E-state index < -0.39 is 0 Å². The van der Waals surface area contributed by atoms with Gasteiger partial charge in [-0.1, -0.05) is 0 Å². The first kappa shape index (κ1) is 11.3. The Bertz CT molecular complexity index is 482. The van der Waals surface area contributed by atoms with E-state index in [1.807, 2.05) is 31.2 Å². The van der Waals surface area contributed by atoms with Gasteiger partial charge in [0.15, 0.2) is 0 Å². The van der Waals surface area contributed by atoms with Crippen molar-refractivity contribution in [2.24, 2.45) is 0 Å². The lowest BCUT2D eigenvalue weighted by Crippen LogP contribution is -1.95. The molecule has 4 heteroatoms. The van der Waals surface area contributed by atoms with Crippen molar-refractivity contribution >= 4 is 17.2 Å². The van der Waals surface area contributed by atoms with Crippen molar-refractivity contribution in [1.29, 1.82) is 0 Å². The van der Waals surface area contributed by atoms with E-state index >= 15 is 0 Å². The molecule has 1 heterocycles. The Kier molecular flexibility index (Phi) is 3.45. The maximum atomic E-state index is 5.68. The average Bonchev–Trinajstić information content (AvgIpc) is 2.32. The number of nitrogens with zero attached hydrogens (tertiary/aromatic N) is 1. The number of anilines is 3. The van der Waals surface area contributed by atoms with Gasteiger partial charge in [-0.05, 0) is 37.3 Å². The molecular weight excluding hydrogens is 214 g/mol. The highest BCUT2D eigenvalue weighted by atomic mass is 16.5. The molecule has 3 N–H and O–H groups in total. The molecule has 0 aliphatic carbocycles. The Morgan fingerprint density at radius 2 is 2.00 bits per heavy atom. The summed E-state index contributed by atoms with van der Waals surface area (Å²) in [4.78, 5) is 4.17. The Hall–Kier alpha value is -2.23. The van der Waals surface area contributed by atoms with Crippen molar-refractivity contribution < 1.29 is 4.74 Å². The lowest BCUT2D eigenvalue weighted by molar-refractivity contribution is 0.340. The Labute approximate surface area is 100 Å². The Morgan fingerprint density at radius 3 is 2.65 bits per heavy atom. The second kappa shape index (κ2) is 5.21. The first-order valence-electron chi connectivity index (χ1n) is 5.49. The highest BCUT2D eigenvalue weighted by Gasteiger charge is 1.97. The minimum Gasteiger partial charge on any atom is -0.494 e. The zero-order valence-corrected chi connectivity index (χ0v) is 9.68. The summed E-state index contributed by atoms with van der Waals surface area (Å²) in [5.74, 6) is 1.59. The summed E-state index contributed by atoms with van der Waals surface area (Å²) in [6.45, 7) is 2.63. The number of rotatable bonds is 4. The van der Waals surface area contributed by atoms with Crippen molar-refractivity contribution in [1.82, 2.24) is 4.98 Å². The highest BCUT2D eigenvalue weighted by molar-refractivity contribution is 5.60. The van der Waals surface area contributed by atoms with Crippen LogP contribution in [-0.4, -0.2) is 11.6 Å². The van der Waals surface area contributed by atoms with E-state index in [9.17, 15) is 0 Å². The quantitative estimate of drug-likeness (QED) is 0.846. The van der Waals surface area contributed by atoms with Gasteiger partial charge >= 0.3 is 0 Å². The summed E-state index contributed by atoms with van der Waals surface area (Å²) in [6.07, 6.45) is 1.67. The van der Waals surface area contributed by atoms with Crippen LogP contribution in [0.1, 0.15) is 6.92 Å². The number of nitrogens with one attached hydrogen (secondary N) is 1. The molecule has 0 unspecified atom stereocenters. The number of hydrogen-bond acceptors (Lipinski definition) is 4. The van der Waals surface area contributed by atoms with E-state index in [1.165, 1.54) is 0 Å². The molecule has 0 saturated heterocycles. The van der Waals surface area contributed by atoms with Crippen molar-refractivity contribution in [3.63, 3.8) is 0 Å². The zero-order valence-electron chi connectivity index (χ0n) is 9.68. The van der Waals surface area contributed by atoms with Crippen LogP contribution >= 0.6 is 0 Å². The first-order chi connectivity index (χ1) is 8.28. The topological polar surface area (TPSA) is 60.2 Å². The molecule has 0 fully saturated rings. The summed E-state index contributed by atoms with van der Waals surface area (Å²) >= 11 is 0. The van der Waals surface area contributed by atoms with E-state index in [0.717, 1.165) is 17.3 Å². The van der Waals surface area contributed by atoms with Crippen molar-refractivity contribution in [3.05, 3.63) is 42.6 Å². The molecule has 0 atom stereocenters. The number of aromatic nitrogens is 1. The van der Waals surface area contributed by atoms with Crippen molar-refractivity contribution in [3.8, 4) is 5.75 Å². The molecule has 2 rings (SSSR count). The predicted octanol–water partition coefficient (Wildman–Crippen LogP) is 2.81. The van der Waals surface area contributed by atoms with Gasteiger partial charge in [-0.15, -0.1) is 0 Å². The lowest BCUT2D eigenvalue weighted by Gasteiger charge is -2.07. The Balaban J connectivity index is 2.08. The third-order valence-corrected chi connectivity index (χ3v) is 2.22. The van der Waals surface area contributed by atoms with Gasteiger partial charge in [0.05, 0.1) is 6.61 Å².